The Morgan fingerprint density at radius 3 is 2.44 bits per heavy atom. The first kappa shape index (κ1) is 22.6. The molecule has 3 aromatic rings. The van der Waals surface area contributed by atoms with E-state index < -0.39 is 10.0 Å². The van der Waals surface area contributed by atoms with Gasteiger partial charge in [-0.2, -0.15) is 4.31 Å². The van der Waals surface area contributed by atoms with Crippen molar-refractivity contribution in [3.05, 3.63) is 77.5 Å². The molecule has 1 fully saturated rings. The summed E-state index contributed by atoms with van der Waals surface area (Å²) in [6.45, 7) is 3.58. The number of fused-ring (bicyclic) bond motifs is 1. The molecule has 7 nitrogen and oxygen atoms in total. The number of nitrogens with one attached hydrogen (secondary N) is 2. The molecule has 1 saturated heterocycles. The van der Waals surface area contributed by atoms with Crippen LogP contribution in [-0.2, 0) is 16.4 Å². The standard InChI is InChI=1S/C26H28N4O3S/c1-18-2-9-25(28-17-18)29-22-11-14-30(15-12-22)34(32,33)23-6-3-19(4-7-23)20-5-8-24-21(16-20)10-13-27-26(24)31/h2-9,16-17,22H,10-15H2,1H3,(H,27,31)(H,28,29). The van der Waals surface area contributed by atoms with Crippen molar-refractivity contribution >= 4 is 21.7 Å². The van der Waals surface area contributed by atoms with E-state index in [0.29, 0.717) is 30.1 Å². The quantitative estimate of drug-likeness (QED) is 0.587. The van der Waals surface area contributed by atoms with Crippen LogP contribution in [0.2, 0.25) is 0 Å². The number of benzene rings is 2. The van der Waals surface area contributed by atoms with Crippen LogP contribution in [0.4, 0.5) is 5.82 Å². The summed E-state index contributed by atoms with van der Waals surface area (Å²) in [4.78, 5) is 16.7. The summed E-state index contributed by atoms with van der Waals surface area (Å²) in [5.74, 6) is 0.786. The molecule has 34 heavy (non-hydrogen) atoms. The number of hydrogen-bond donors (Lipinski definition) is 2. The summed E-state index contributed by atoms with van der Waals surface area (Å²) in [7, 11) is -3.55. The molecule has 0 spiro atoms. The molecule has 0 bridgehead atoms. The second-order valence-corrected chi connectivity index (χ2v) is 10.9. The molecule has 0 atom stereocenters. The molecule has 2 aromatic carbocycles. The number of nitrogens with zero attached hydrogens (tertiary/aromatic N) is 2. The van der Waals surface area contributed by atoms with Crippen molar-refractivity contribution in [1.82, 2.24) is 14.6 Å². The third-order valence-electron chi connectivity index (χ3n) is 6.57. The fourth-order valence-electron chi connectivity index (χ4n) is 4.58. The van der Waals surface area contributed by atoms with Gasteiger partial charge in [0.15, 0.2) is 0 Å². The Morgan fingerprint density at radius 1 is 1.00 bits per heavy atom. The topological polar surface area (TPSA) is 91.4 Å². The number of amides is 1. The number of aryl methyl sites for hydroxylation is 1. The Hall–Kier alpha value is -3.23. The lowest BCUT2D eigenvalue weighted by atomic mass is 9.95. The van der Waals surface area contributed by atoms with Crippen LogP contribution in [-0.4, -0.2) is 49.3 Å². The Bertz CT molecular complexity index is 1300. The zero-order chi connectivity index (χ0) is 23.7. The van der Waals surface area contributed by atoms with Gasteiger partial charge in [0, 0.05) is 37.4 Å². The molecule has 0 unspecified atom stereocenters. The highest BCUT2D eigenvalue weighted by atomic mass is 32.2. The molecule has 1 aromatic heterocycles. The number of aromatic nitrogens is 1. The van der Waals surface area contributed by atoms with E-state index in [0.717, 1.165) is 47.3 Å². The van der Waals surface area contributed by atoms with Crippen molar-refractivity contribution in [3.8, 4) is 11.1 Å². The predicted octanol–water partition coefficient (Wildman–Crippen LogP) is 3.61. The lowest BCUT2D eigenvalue weighted by Crippen LogP contribution is -2.42. The number of piperidine rings is 1. The molecule has 2 aliphatic heterocycles. The Labute approximate surface area is 200 Å². The minimum atomic E-state index is -3.55. The summed E-state index contributed by atoms with van der Waals surface area (Å²) in [5, 5.41) is 6.26. The first-order chi connectivity index (χ1) is 16.4. The van der Waals surface area contributed by atoms with Gasteiger partial charge in [0.2, 0.25) is 10.0 Å². The number of carbonyl (C=O) groups is 1. The van der Waals surface area contributed by atoms with Crippen LogP contribution < -0.4 is 10.6 Å². The highest BCUT2D eigenvalue weighted by molar-refractivity contribution is 7.89. The Balaban J connectivity index is 1.25. The average molecular weight is 477 g/mol. The van der Waals surface area contributed by atoms with Crippen molar-refractivity contribution in [2.45, 2.75) is 37.1 Å². The number of anilines is 1. The maximum atomic E-state index is 13.2. The van der Waals surface area contributed by atoms with Gasteiger partial charge in [0.05, 0.1) is 4.90 Å². The molecule has 8 heteroatoms. The van der Waals surface area contributed by atoms with Gasteiger partial charge in [-0.3, -0.25) is 4.79 Å². The van der Waals surface area contributed by atoms with E-state index in [2.05, 4.69) is 15.6 Å². The molecule has 3 heterocycles. The zero-order valence-corrected chi connectivity index (χ0v) is 19.9. The lowest BCUT2D eigenvalue weighted by Gasteiger charge is -2.32. The Kier molecular flexibility index (Phi) is 6.10. The monoisotopic (exact) mass is 476 g/mol. The first-order valence-corrected chi connectivity index (χ1v) is 13.0. The highest BCUT2D eigenvalue weighted by Gasteiger charge is 2.29. The molecule has 0 aliphatic carbocycles. The highest BCUT2D eigenvalue weighted by Crippen LogP contribution is 2.27. The minimum Gasteiger partial charge on any atom is -0.367 e. The van der Waals surface area contributed by atoms with Gasteiger partial charge in [0.1, 0.15) is 5.82 Å². The van der Waals surface area contributed by atoms with Crippen LogP contribution in [0, 0.1) is 6.92 Å². The van der Waals surface area contributed by atoms with Crippen LogP contribution in [0.3, 0.4) is 0 Å². The van der Waals surface area contributed by atoms with E-state index in [4.69, 9.17) is 0 Å². The van der Waals surface area contributed by atoms with Crippen LogP contribution in [0.5, 0.6) is 0 Å². The summed E-state index contributed by atoms with van der Waals surface area (Å²) >= 11 is 0. The van der Waals surface area contributed by atoms with Gasteiger partial charge in [-0.15, -0.1) is 0 Å². The third kappa shape index (κ3) is 4.56. The number of carbonyl (C=O) groups excluding carboxylic acids is 1. The second-order valence-electron chi connectivity index (χ2n) is 8.95. The van der Waals surface area contributed by atoms with Crippen molar-refractivity contribution in [2.75, 3.05) is 25.0 Å². The molecule has 2 N–H and O–H groups in total. The van der Waals surface area contributed by atoms with Gasteiger partial charge >= 0.3 is 0 Å². The molecule has 176 valence electrons. The smallest absolute Gasteiger partial charge is 0.251 e. The zero-order valence-electron chi connectivity index (χ0n) is 19.1. The summed E-state index contributed by atoms with van der Waals surface area (Å²) in [6, 6.07) is 17.0. The van der Waals surface area contributed by atoms with E-state index in [-0.39, 0.29) is 11.9 Å². The van der Waals surface area contributed by atoms with Gasteiger partial charge in [-0.05, 0) is 72.7 Å². The van der Waals surface area contributed by atoms with Gasteiger partial charge in [-0.25, -0.2) is 13.4 Å². The first-order valence-electron chi connectivity index (χ1n) is 11.6. The summed E-state index contributed by atoms with van der Waals surface area (Å²) in [6.07, 6.45) is 4.09. The SMILES string of the molecule is Cc1ccc(NC2CCN(S(=O)(=O)c3ccc(-c4ccc5c(c4)CCNC5=O)cc3)CC2)nc1. The predicted molar refractivity (Wildman–Crippen MR) is 132 cm³/mol. The number of hydrogen-bond acceptors (Lipinski definition) is 5. The maximum absolute atomic E-state index is 13.2. The van der Waals surface area contributed by atoms with E-state index in [9.17, 15) is 13.2 Å². The van der Waals surface area contributed by atoms with Gasteiger partial charge in [-0.1, -0.05) is 30.3 Å². The van der Waals surface area contributed by atoms with Crippen LogP contribution in [0.1, 0.15) is 34.3 Å². The van der Waals surface area contributed by atoms with E-state index in [1.54, 1.807) is 16.4 Å². The second kappa shape index (κ2) is 9.19. The van der Waals surface area contributed by atoms with Gasteiger partial charge < -0.3 is 10.6 Å². The fraction of sp³-hybridized carbons (Fsp3) is 0.308. The van der Waals surface area contributed by atoms with E-state index in [1.165, 1.54) is 0 Å². The lowest BCUT2D eigenvalue weighted by molar-refractivity contribution is 0.0946. The van der Waals surface area contributed by atoms with Crippen LogP contribution in [0.15, 0.2) is 65.7 Å². The molecular formula is C26H28N4O3S. The van der Waals surface area contributed by atoms with Crippen molar-refractivity contribution in [1.29, 1.82) is 0 Å². The van der Waals surface area contributed by atoms with Crippen molar-refractivity contribution < 1.29 is 13.2 Å². The molecule has 1 amide bonds. The largest absolute Gasteiger partial charge is 0.367 e. The molecular weight excluding hydrogens is 448 g/mol. The summed E-state index contributed by atoms with van der Waals surface area (Å²) in [5.41, 5.74) is 4.76. The van der Waals surface area contributed by atoms with E-state index >= 15 is 0 Å². The molecule has 0 saturated carbocycles. The summed E-state index contributed by atoms with van der Waals surface area (Å²) < 4.78 is 28.0. The van der Waals surface area contributed by atoms with Crippen molar-refractivity contribution in [2.24, 2.45) is 0 Å². The van der Waals surface area contributed by atoms with Crippen LogP contribution >= 0.6 is 0 Å². The van der Waals surface area contributed by atoms with E-state index in [1.807, 2.05) is 55.6 Å². The number of pyridine rings is 1. The average Bonchev–Trinajstić information content (AvgIpc) is 2.86. The molecule has 5 rings (SSSR count). The molecule has 0 radical (unpaired) electrons. The normalized spacial score (nSPS) is 17.1. The third-order valence-corrected chi connectivity index (χ3v) is 8.49. The Morgan fingerprint density at radius 2 is 1.74 bits per heavy atom. The number of rotatable bonds is 5. The van der Waals surface area contributed by atoms with Crippen LogP contribution in [0.25, 0.3) is 11.1 Å². The maximum Gasteiger partial charge on any atom is 0.251 e. The van der Waals surface area contributed by atoms with Crippen molar-refractivity contribution in [3.63, 3.8) is 0 Å². The van der Waals surface area contributed by atoms with Gasteiger partial charge in [0.25, 0.3) is 5.91 Å². The number of sulfonamides is 1. The fourth-order valence-corrected chi connectivity index (χ4v) is 6.05. The molecule has 2 aliphatic rings. The minimum absolute atomic E-state index is 0.0386.